The third-order valence-electron chi connectivity index (χ3n) is 6.67. The number of hydrogen-bond acceptors (Lipinski definition) is 4. The molecule has 0 heterocycles. The molecule has 4 aliphatic carbocycles. The Balaban J connectivity index is 1.98. The fourth-order valence-corrected chi connectivity index (χ4v) is 5.42. The van der Waals surface area contributed by atoms with E-state index in [1.165, 1.54) is 0 Å². The van der Waals surface area contributed by atoms with Crippen molar-refractivity contribution in [3.05, 3.63) is 0 Å². The molecule has 0 spiro atoms. The third-order valence-corrected chi connectivity index (χ3v) is 6.67. The molecule has 24 heavy (non-hydrogen) atoms. The van der Waals surface area contributed by atoms with Crippen molar-refractivity contribution in [2.45, 2.75) is 71.3 Å². The topological polar surface area (TPSA) is 101 Å². The van der Waals surface area contributed by atoms with Gasteiger partial charge < -0.3 is 14.9 Å². The fraction of sp³-hybridized carbons (Fsp3) is 0.833. The van der Waals surface area contributed by atoms with Gasteiger partial charge in [0, 0.05) is 12.8 Å². The van der Waals surface area contributed by atoms with Gasteiger partial charge in [0.2, 0.25) is 0 Å². The first-order valence-corrected chi connectivity index (χ1v) is 8.69. The lowest BCUT2D eigenvalue weighted by Crippen LogP contribution is -2.65. The zero-order valence-corrected chi connectivity index (χ0v) is 14.6. The van der Waals surface area contributed by atoms with E-state index < -0.39 is 33.8 Å². The summed E-state index contributed by atoms with van der Waals surface area (Å²) in [6.45, 7) is 5.50. The first-order valence-electron chi connectivity index (χ1n) is 8.69. The molecular weight excluding hydrogens is 312 g/mol. The third kappa shape index (κ3) is 2.33. The summed E-state index contributed by atoms with van der Waals surface area (Å²) in [5, 5.41) is 19.6. The maximum Gasteiger partial charge on any atom is 0.312 e. The Morgan fingerprint density at radius 3 is 1.92 bits per heavy atom. The van der Waals surface area contributed by atoms with Gasteiger partial charge in [-0.25, -0.2) is 0 Å². The number of rotatable bonds is 5. The number of carbonyl (C=O) groups is 3. The Hall–Kier alpha value is -1.59. The van der Waals surface area contributed by atoms with Crippen LogP contribution in [0.2, 0.25) is 0 Å². The van der Waals surface area contributed by atoms with Crippen molar-refractivity contribution >= 4 is 17.9 Å². The second-order valence-electron chi connectivity index (χ2n) is 8.99. The molecular formula is C18H26O6. The molecule has 0 aromatic heterocycles. The zero-order valence-electron chi connectivity index (χ0n) is 14.6. The van der Waals surface area contributed by atoms with Gasteiger partial charge in [0.1, 0.15) is 5.60 Å². The molecule has 4 saturated carbocycles. The van der Waals surface area contributed by atoms with E-state index in [9.17, 15) is 24.6 Å². The van der Waals surface area contributed by atoms with Gasteiger partial charge in [0.25, 0.3) is 0 Å². The largest absolute Gasteiger partial charge is 0.481 e. The molecule has 2 N–H and O–H groups in total. The lowest BCUT2D eigenvalue weighted by molar-refractivity contribution is -0.235. The minimum atomic E-state index is -1.07. The highest BCUT2D eigenvalue weighted by Crippen LogP contribution is 2.68. The fourth-order valence-electron chi connectivity index (χ4n) is 5.42. The molecule has 3 unspecified atom stereocenters. The van der Waals surface area contributed by atoms with Crippen molar-refractivity contribution in [3.63, 3.8) is 0 Å². The van der Waals surface area contributed by atoms with E-state index in [0.29, 0.717) is 25.7 Å². The van der Waals surface area contributed by atoms with Crippen molar-refractivity contribution in [2.24, 2.45) is 22.2 Å². The van der Waals surface area contributed by atoms with Crippen molar-refractivity contribution in [1.29, 1.82) is 0 Å². The Morgan fingerprint density at radius 1 is 1.00 bits per heavy atom. The second-order valence-corrected chi connectivity index (χ2v) is 8.99. The minimum Gasteiger partial charge on any atom is -0.481 e. The lowest BCUT2D eigenvalue weighted by atomic mass is 9.42. The van der Waals surface area contributed by atoms with Crippen LogP contribution in [0.15, 0.2) is 0 Å². The van der Waals surface area contributed by atoms with E-state index in [1.54, 1.807) is 13.8 Å². The molecule has 4 fully saturated rings. The van der Waals surface area contributed by atoms with E-state index in [2.05, 4.69) is 0 Å². The maximum atomic E-state index is 12.6. The van der Waals surface area contributed by atoms with Gasteiger partial charge in [0.15, 0.2) is 0 Å². The molecule has 134 valence electrons. The number of esters is 1. The van der Waals surface area contributed by atoms with Gasteiger partial charge in [0.05, 0.1) is 16.2 Å². The van der Waals surface area contributed by atoms with E-state index in [-0.39, 0.29) is 31.1 Å². The van der Waals surface area contributed by atoms with Crippen molar-refractivity contribution in [2.75, 3.05) is 0 Å². The quantitative estimate of drug-likeness (QED) is 0.748. The van der Waals surface area contributed by atoms with Crippen LogP contribution in [-0.4, -0.2) is 33.7 Å². The molecule has 0 amide bonds. The zero-order chi connectivity index (χ0) is 18.0. The van der Waals surface area contributed by atoms with E-state index in [0.717, 1.165) is 0 Å². The molecule has 0 aromatic rings. The molecule has 4 bridgehead atoms. The number of hydrogen-bond donors (Lipinski definition) is 2. The average Bonchev–Trinajstić information content (AvgIpc) is 2.45. The first kappa shape index (κ1) is 17.2. The summed E-state index contributed by atoms with van der Waals surface area (Å²) in [5.41, 5.74) is -3.75. The highest BCUT2D eigenvalue weighted by atomic mass is 16.6. The molecule has 0 radical (unpaired) electrons. The Labute approximate surface area is 141 Å². The SMILES string of the molecule is CCC(C)(C)C(=O)OC12CC3CC(C(=O)O)(C1)C[C@@](C(=O)O)(C3)C2. The number of aliphatic carboxylic acids is 2. The number of ether oxygens (including phenoxy) is 1. The number of carboxylic acids is 2. The smallest absolute Gasteiger partial charge is 0.312 e. The molecule has 4 rings (SSSR count). The summed E-state index contributed by atoms with van der Waals surface area (Å²) in [7, 11) is 0. The predicted molar refractivity (Wildman–Crippen MR) is 84.2 cm³/mol. The van der Waals surface area contributed by atoms with Crippen LogP contribution in [0.25, 0.3) is 0 Å². The highest BCUT2D eigenvalue weighted by molar-refractivity contribution is 5.82. The summed E-state index contributed by atoms with van der Waals surface area (Å²) >= 11 is 0. The summed E-state index contributed by atoms with van der Waals surface area (Å²) in [6.07, 6.45) is 2.82. The number of carboxylic acid groups (broad SMARTS) is 2. The van der Waals surface area contributed by atoms with Crippen molar-refractivity contribution < 1.29 is 29.3 Å². The Kier molecular flexibility index (Phi) is 3.56. The van der Waals surface area contributed by atoms with Gasteiger partial charge in [-0.15, -0.1) is 0 Å². The highest BCUT2D eigenvalue weighted by Gasteiger charge is 2.70. The molecule has 0 aromatic carbocycles. The Morgan fingerprint density at radius 2 is 1.50 bits per heavy atom. The van der Waals surface area contributed by atoms with Crippen molar-refractivity contribution in [3.8, 4) is 0 Å². The summed E-state index contributed by atoms with van der Waals surface area (Å²) < 4.78 is 5.89. The van der Waals surface area contributed by atoms with Gasteiger partial charge >= 0.3 is 17.9 Å². The second kappa shape index (κ2) is 4.96. The summed E-state index contributed by atoms with van der Waals surface area (Å²) in [5.74, 6) is -2.26. The molecule has 6 nitrogen and oxygen atoms in total. The monoisotopic (exact) mass is 338 g/mol. The van der Waals surface area contributed by atoms with Crippen LogP contribution in [0.5, 0.6) is 0 Å². The van der Waals surface area contributed by atoms with Gasteiger partial charge in [-0.3, -0.25) is 14.4 Å². The van der Waals surface area contributed by atoms with Crippen LogP contribution >= 0.6 is 0 Å². The number of carbonyl (C=O) groups excluding carboxylic acids is 1. The van der Waals surface area contributed by atoms with E-state index in [4.69, 9.17) is 4.74 Å². The van der Waals surface area contributed by atoms with E-state index >= 15 is 0 Å². The van der Waals surface area contributed by atoms with Crippen LogP contribution in [0.1, 0.15) is 65.7 Å². The van der Waals surface area contributed by atoms with Crippen LogP contribution in [-0.2, 0) is 19.1 Å². The lowest BCUT2D eigenvalue weighted by Gasteiger charge is -2.62. The Bertz CT molecular complexity index is 577. The minimum absolute atomic E-state index is 0.00834. The molecule has 0 saturated heterocycles. The molecule has 0 aliphatic heterocycles. The van der Waals surface area contributed by atoms with Crippen LogP contribution in [0, 0.1) is 22.2 Å². The van der Waals surface area contributed by atoms with Crippen LogP contribution in [0.3, 0.4) is 0 Å². The predicted octanol–water partition coefficient (Wildman–Crippen LogP) is 2.84. The molecule has 4 aliphatic rings. The van der Waals surface area contributed by atoms with Gasteiger partial charge in [-0.1, -0.05) is 6.92 Å². The average molecular weight is 338 g/mol. The molecule has 4 atom stereocenters. The van der Waals surface area contributed by atoms with Gasteiger partial charge in [-0.2, -0.15) is 0 Å². The van der Waals surface area contributed by atoms with Crippen LogP contribution < -0.4 is 0 Å². The standard InChI is InChI=1S/C18H26O6/c1-4-15(2,3)14(23)24-18-7-11-5-16(9-18,12(19)20)8-17(6-11,10-18)13(21)22/h11H,4-10H2,1-3H3,(H,19,20)(H,21,22)/t11?,16-,17?,18?/m0/s1. The first-order chi connectivity index (χ1) is 11.0. The van der Waals surface area contributed by atoms with Gasteiger partial charge in [-0.05, 0) is 51.9 Å². The maximum absolute atomic E-state index is 12.6. The summed E-state index contributed by atoms with van der Waals surface area (Å²) in [4.78, 5) is 36.5. The normalized spacial score (nSPS) is 40.4. The van der Waals surface area contributed by atoms with Crippen LogP contribution in [0.4, 0.5) is 0 Å². The summed E-state index contributed by atoms with van der Waals surface area (Å²) in [6, 6.07) is 0. The van der Waals surface area contributed by atoms with Crippen molar-refractivity contribution in [1.82, 2.24) is 0 Å². The molecule has 6 heteroatoms. The van der Waals surface area contributed by atoms with E-state index in [1.807, 2.05) is 6.92 Å².